The van der Waals surface area contributed by atoms with Crippen molar-refractivity contribution in [1.29, 1.82) is 0 Å². The largest absolute Gasteiger partial charge is 0.481 e. The number of hydrogen-bond acceptors (Lipinski definition) is 3. The van der Waals surface area contributed by atoms with Crippen molar-refractivity contribution < 1.29 is 14.3 Å². The van der Waals surface area contributed by atoms with Gasteiger partial charge in [-0.2, -0.15) is 0 Å². The summed E-state index contributed by atoms with van der Waals surface area (Å²) >= 11 is 0. The van der Waals surface area contributed by atoms with Gasteiger partial charge < -0.3 is 15.0 Å². The van der Waals surface area contributed by atoms with Crippen molar-refractivity contribution in [2.45, 2.75) is 25.9 Å². The fourth-order valence-electron chi connectivity index (χ4n) is 2.65. The Kier molecular flexibility index (Phi) is 4.79. The number of hydrogen-bond donors (Lipinski definition) is 1. The van der Waals surface area contributed by atoms with Crippen molar-refractivity contribution in [2.24, 2.45) is 0 Å². The van der Waals surface area contributed by atoms with Crippen LogP contribution in [-0.2, 0) is 9.59 Å². The van der Waals surface area contributed by atoms with Gasteiger partial charge in [0, 0.05) is 24.3 Å². The molecule has 2 aromatic rings. The minimum atomic E-state index is -0.604. The number of nitrogens with zero attached hydrogens (tertiary/aromatic N) is 1. The second-order valence-electron chi connectivity index (χ2n) is 5.76. The van der Waals surface area contributed by atoms with Crippen molar-refractivity contribution in [2.75, 3.05) is 16.8 Å². The molecule has 1 saturated heterocycles. The highest BCUT2D eigenvalue weighted by Gasteiger charge is 2.21. The molecule has 1 heterocycles. The summed E-state index contributed by atoms with van der Waals surface area (Å²) in [5.41, 5.74) is 1.54. The molecule has 1 aliphatic rings. The molecule has 3 rings (SSSR count). The van der Waals surface area contributed by atoms with Crippen molar-refractivity contribution >= 4 is 23.2 Å². The van der Waals surface area contributed by atoms with E-state index in [0.29, 0.717) is 17.9 Å². The molecule has 2 amide bonds. The first-order valence-electron chi connectivity index (χ1n) is 8.06. The summed E-state index contributed by atoms with van der Waals surface area (Å²) in [6.07, 6.45) is 0.894. The highest BCUT2D eigenvalue weighted by atomic mass is 16.5. The molecule has 1 aliphatic heterocycles. The number of rotatable bonds is 5. The predicted molar refractivity (Wildman–Crippen MR) is 93.2 cm³/mol. The summed E-state index contributed by atoms with van der Waals surface area (Å²) < 4.78 is 5.60. The van der Waals surface area contributed by atoms with Gasteiger partial charge in [-0.3, -0.25) is 9.59 Å². The van der Waals surface area contributed by atoms with E-state index in [1.54, 1.807) is 24.0 Å². The first kappa shape index (κ1) is 16.1. The van der Waals surface area contributed by atoms with Crippen molar-refractivity contribution in [3.63, 3.8) is 0 Å². The molecule has 1 atom stereocenters. The summed E-state index contributed by atoms with van der Waals surface area (Å²) in [7, 11) is 0. The Bertz CT molecular complexity index is 713. The van der Waals surface area contributed by atoms with Gasteiger partial charge in [-0.15, -0.1) is 0 Å². The van der Waals surface area contributed by atoms with E-state index in [4.69, 9.17) is 4.74 Å². The predicted octanol–water partition coefficient (Wildman–Crippen LogP) is 3.22. The molecular formula is C19H20N2O3. The van der Waals surface area contributed by atoms with E-state index < -0.39 is 6.10 Å². The third-order valence-corrected chi connectivity index (χ3v) is 3.95. The molecule has 0 spiro atoms. The van der Waals surface area contributed by atoms with Crippen LogP contribution in [0.5, 0.6) is 5.75 Å². The quantitative estimate of drug-likeness (QED) is 0.918. The Morgan fingerprint density at radius 1 is 1.12 bits per heavy atom. The van der Waals surface area contributed by atoms with Crippen LogP contribution in [0.4, 0.5) is 11.4 Å². The summed E-state index contributed by atoms with van der Waals surface area (Å²) in [4.78, 5) is 25.7. The molecule has 24 heavy (non-hydrogen) atoms. The lowest BCUT2D eigenvalue weighted by atomic mass is 10.2. The van der Waals surface area contributed by atoms with Crippen molar-refractivity contribution in [1.82, 2.24) is 0 Å². The van der Waals surface area contributed by atoms with Crippen LogP contribution in [0.1, 0.15) is 19.8 Å². The first-order valence-corrected chi connectivity index (χ1v) is 8.06. The zero-order chi connectivity index (χ0) is 16.9. The summed E-state index contributed by atoms with van der Waals surface area (Å²) in [6.45, 7) is 2.46. The van der Waals surface area contributed by atoms with Crippen LogP contribution in [0.15, 0.2) is 54.6 Å². The summed E-state index contributed by atoms with van der Waals surface area (Å²) in [6, 6.07) is 16.5. The Morgan fingerprint density at radius 2 is 1.83 bits per heavy atom. The zero-order valence-corrected chi connectivity index (χ0v) is 13.6. The van der Waals surface area contributed by atoms with Crippen LogP contribution in [0.2, 0.25) is 0 Å². The Labute approximate surface area is 141 Å². The van der Waals surface area contributed by atoms with Gasteiger partial charge in [0.05, 0.1) is 0 Å². The zero-order valence-electron chi connectivity index (χ0n) is 13.6. The highest BCUT2D eigenvalue weighted by molar-refractivity contribution is 5.96. The smallest absolute Gasteiger partial charge is 0.265 e. The number of nitrogens with one attached hydrogen (secondary N) is 1. The van der Waals surface area contributed by atoms with Gasteiger partial charge in [-0.25, -0.2) is 0 Å². The van der Waals surface area contributed by atoms with Gasteiger partial charge >= 0.3 is 0 Å². The number of para-hydroxylation sites is 1. The number of amides is 2. The molecule has 0 bridgehead atoms. The van der Waals surface area contributed by atoms with Gasteiger partial charge in [-0.1, -0.05) is 18.2 Å². The maximum Gasteiger partial charge on any atom is 0.265 e. The fourth-order valence-corrected chi connectivity index (χ4v) is 2.65. The molecule has 5 nitrogen and oxygen atoms in total. The minimum Gasteiger partial charge on any atom is -0.481 e. The molecule has 1 N–H and O–H groups in total. The average Bonchev–Trinajstić information content (AvgIpc) is 3.02. The second-order valence-corrected chi connectivity index (χ2v) is 5.76. The molecule has 0 saturated carbocycles. The van der Waals surface area contributed by atoms with E-state index in [-0.39, 0.29) is 11.8 Å². The number of benzene rings is 2. The van der Waals surface area contributed by atoms with E-state index in [0.717, 1.165) is 18.7 Å². The standard InChI is InChI=1S/C19H20N2O3/c1-14(24-17-6-3-2-4-7-17)19(23)20-15-9-11-16(12-10-15)21-13-5-8-18(21)22/h2-4,6-7,9-12,14H,5,8,13H2,1H3,(H,20,23)/t14-/m1/s1. The maximum absolute atomic E-state index is 12.2. The monoisotopic (exact) mass is 324 g/mol. The SMILES string of the molecule is C[C@@H](Oc1ccccc1)C(=O)Nc1ccc(N2CCCC2=O)cc1. The third kappa shape index (κ3) is 3.74. The molecule has 124 valence electrons. The molecule has 0 radical (unpaired) electrons. The average molecular weight is 324 g/mol. The van der Waals surface area contributed by atoms with E-state index in [1.807, 2.05) is 42.5 Å². The molecular weight excluding hydrogens is 304 g/mol. The first-order chi connectivity index (χ1) is 11.6. The van der Waals surface area contributed by atoms with Crippen molar-refractivity contribution in [3.8, 4) is 5.75 Å². The van der Waals surface area contributed by atoms with Gasteiger partial charge in [0.25, 0.3) is 5.91 Å². The Morgan fingerprint density at radius 3 is 2.46 bits per heavy atom. The highest BCUT2D eigenvalue weighted by Crippen LogP contribution is 2.23. The molecule has 2 aromatic carbocycles. The summed E-state index contributed by atoms with van der Waals surface area (Å²) in [5.74, 6) is 0.587. The van der Waals surface area contributed by atoms with E-state index in [9.17, 15) is 9.59 Å². The van der Waals surface area contributed by atoms with Crippen molar-refractivity contribution in [3.05, 3.63) is 54.6 Å². The third-order valence-electron chi connectivity index (χ3n) is 3.95. The van der Waals surface area contributed by atoms with Crippen LogP contribution in [0.25, 0.3) is 0 Å². The van der Waals surface area contributed by atoms with Gasteiger partial charge in [0.1, 0.15) is 5.75 Å². The topological polar surface area (TPSA) is 58.6 Å². The molecule has 0 aromatic heterocycles. The summed E-state index contributed by atoms with van der Waals surface area (Å²) in [5, 5.41) is 2.82. The Balaban J connectivity index is 1.59. The van der Waals surface area contributed by atoms with Crippen LogP contribution in [0.3, 0.4) is 0 Å². The van der Waals surface area contributed by atoms with E-state index in [2.05, 4.69) is 5.32 Å². The lowest BCUT2D eigenvalue weighted by Gasteiger charge is -2.17. The lowest BCUT2D eigenvalue weighted by molar-refractivity contribution is -0.122. The molecule has 0 unspecified atom stereocenters. The van der Waals surface area contributed by atoms with Gasteiger partial charge in [-0.05, 0) is 49.7 Å². The second kappa shape index (κ2) is 7.17. The van der Waals surface area contributed by atoms with Crippen LogP contribution in [-0.4, -0.2) is 24.5 Å². The number of carbonyl (C=O) groups excluding carboxylic acids is 2. The number of carbonyl (C=O) groups is 2. The molecule has 5 heteroatoms. The molecule has 0 aliphatic carbocycles. The van der Waals surface area contributed by atoms with E-state index in [1.165, 1.54) is 0 Å². The minimum absolute atomic E-state index is 0.150. The van der Waals surface area contributed by atoms with Gasteiger partial charge in [0.2, 0.25) is 5.91 Å². The normalized spacial score (nSPS) is 15.2. The maximum atomic E-state index is 12.2. The fraction of sp³-hybridized carbons (Fsp3) is 0.263. The number of anilines is 2. The Hall–Kier alpha value is -2.82. The van der Waals surface area contributed by atoms with Gasteiger partial charge in [0.15, 0.2) is 6.10 Å². The number of ether oxygens (including phenoxy) is 1. The lowest BCUT2D eigenvalue weighted by Crippen LogP contribution is -2.30. The van der Waals surface area contributed by atoms with E-state index >= 15 is 0 Å². The van der Waals surface area contributed by atoms with Crippen LogP contribution >= 0.6 is 0 Å². The van der Waals surface area contributed by atoms with Crippen LogP contribution in [0, 0.1) is 0 Å². The van der Waals surface area contributed by atoms with Crippen LogP contribution < -0.4 is 15.0 Å². The molecule has 1 fully saturated rings.